The number of ether oxygens (including phenoxy) is 1. The first-order valence-electron chi connectivity index (χ1n) is 13.2. The number of nitrogens with zero attached hydrogens (tertiary/aromatic N) is 5. The van der Waals surface area contributed by atoms with E-state index >= 15 is 0 Å². The van der Waals surface area contributed by atoms with Crippen LogP contribution in [-0.2, 0) is 5.60 Å². The summed E-state index contributed by atoms with van der Waals surface area (Å²) in [6.45, 7) is 4.51. The molecular weight excluding hydrogens is 553 g/mol. The predicted molar refractivity (Wildman–Crippen MR) is 156 cm³/mol. The number of hydrogen-bond donors (Lipinski definition) is 3. The molecule has 3 N–H and O–H groups in total. The number of aromatic nitrogens is 2. The third-order valence-corrected chi connectivity index (χ3v) is 8.13. The van der Waals surface area contributed by atoms with Crippen LogP contribution in [0.4, 0.5) is 38.9 Å². The van der Waals surface area contributed by atoms with Crippen LogP contribution in [-0.4, -0.2) is 65.2 Å². The summed E-state index contributed by atoms with van der Waals surface area (Å²) < 4.78 is 19.8. The van der Waals surface area contributed by atoms with Gasteiger partial charge >= 0.3 is 0 Å². The lowest BCUT2D eigenvalue weighted by atomic mass is 9.96. The third-order valence-electron chi connectivity index (χ3n) is 7.84. The number of nitrogens with one attached hydrogen (secondary N) is 2. The van der Waals surface area contributed by atoms with Crippen molar-refractivity contribution in [2.45, 2.75) is 38.3 Å². The van der Waals surface area contributed by atoms with Gasteiger partial charge in [0, 0.05) is 54.1 Å². The van der Waals surface area contributed by atoms with Gasteiger partial charge in [-0.3, -0.25) is 10.1 Å². The highest BCUT2D eigenvalue weighted by atomic mass is 35.5. The van der Waals surface area contributed by atoms with E-state index in [0.717, 1.165) is 19.4 Å². The highest BCUT2D eigenvalue weighted by Gasteiger charge is 2.56. The number of methoxy groups -OCH3 is 1. The summed E-state index contributed by atoms with van der Waals surface area (Å²) in [5, 5.41) is 28.7. The molecule has 11 nitrogen and oxygen atoms in total. The van der Waals surface area contributed by atoms with Crippen LogP contribution in [0.15, 0.2) is 36.5 Å². The highest BCUT2D eigenvalue weighted by molar-refractivity contribution is 6.31. The standard InChI is InChI=1S/C28H33ClFN7O4/c1-27(2,38)16-10-18(30)17(29)11-19(16)32-25-6-9-31-26(34-25)33-20-12-22(37(39)40)21(13-23(20)41-5)36-14-24(35(3)4)28(15-36)7-8-28/h6,9-13,24,38H,7-8,14-15H2,1-5H3,(H2,31,32,33,34)/t24-/m0/s1. The topological polar surface area (TPSA) is 129 Å². The second-order valence-electron chi connectivity index (χ2n) is 11.4. The number of hydrogen-bond acceptors (Lipinski definition) is 10. The molecule has 1 spiro atoms. The van der Waals surface area contributed by atoms with Gasteiger partial charge in [-0.2, -0.15) is 4.98 Å². The fraction of sp³-hybridized carbons (Fsp3) is 0.429. The number of benzene rings is 2. The first-order chi connectivity index (χ1) is 19.3. The minimum Gasteiger partial charge on any atom is -0.494 e. The molecule has 2 aromatic carbocycles. The minimum absolute atomic E-state index is 0.0476. The van der Waals surface area contributed by atoms with Gasteiger partial charge in [0.1, 0.15) is 23.1 Å². The number of aliphatic hydroxyl groups is 1. The van der Waals surface area contributed by atoms with Crippen molar-refractivity contribution in [1.29, 1.82) is 0 Å². The van der Waals surface area contributed by atoms with Crippen molar-refractivity contribution < 1.29 is 19.2 Å². The molecule has 1 aromatic heterocycles. The van der Waals surface area contributed by atoms with Crippen molar-refractivity contribution in [2.75, 3.05) is 49.8 Å². The average molecular weight is 586 g/mol. The molecule has 1 aliphatic carbocycles. The van der Waals surface area contributed by atoms with E-state index in [2.05, 4.69) is 44.5 Å². The Morgan fingerprint density at radius 3 is 2.56 bits per heavy atom. The summed E-state index contributed by atoms with van der Waals surface area (Å²) in [5.41, 5.74) is 0.240. The zero-order valence-corrected chi connectivity index (χ0v) is 24.3. The molecule has 1 aliphatic heterocycles. The lowest BCUT2D eigenvalue weighted by Crippen LogP contribution is -2.36. The molecule has 41 heavy (non-hydrogen) atoms. The molecule has 2 heterocycles. The molecule has 1 atom stereocenters. The molecule has 13 heteroatoms. The molecule has 1 saturated carbocycles. The molecule has 2 fully saturated rings. The number of halogens is 2. The van der Waals surface area contributed by atoms with Crippen molar-refractivity contribution in [3.8, 4) is 5.75 Å². The van der Waals surface area contributed by atoms with Gasteiger partial charge in [-0.15, -0.1) is 0 Å². The van der Waals surface area contributed by atoms with Crippen molar-refractivity contribution >= 4 is 46.1 Å². The van der Waals surface area contributed by atoms with Crippen LogP contribution in [0.2, 0.25) is 5.02 Å². The normalized spacial score (nSPS) is 17.7. The van der Waals surface area contributed by atoms with Crippen LogP contribution in [0, 0.1) is 21.3 Å². The zero-order chi connectivity index (χ0) is 29.7. The summed E-state index contributed by atoms with van der Waals surface area (Å²) in [5.74, 6) is 0.205. The maximum atomic E-state index is 14.1. The second-order valence-corrected chi connectivity index (χ2v) is 11.8. The fourth-order valence-corrected chi connectivity index (χ4v) is 5.79. The number of nitro groups is 1. The Morgan fingerprint density at radius 1 is 1.24 bits per heavy atom. The highest BCUT2D eigenvalue weighted by Crippen LogP contribution is 2.56. The summed E-state index contributed by atoms with van der Waals surface area (Å²) >= 11 is 6.00. The smallest absolute Gasteiger partial charge is 0.294 e. The van der Waals surface area contributed by atoms with Crippen LogP contribution in [0.25, 0.3) is 0 Å². The van der Waals surface area contributed by atoms with Crippen LogP contribution in [0.5, 0.6) is 5.75 Å². The first kappa shape index (κ1) is 28.8. The lowest BCUT2D eigenvalue weighted by Gasteiger charge is -2.24. The Kier molecular flexibility index (Phi) is 7.43. The molecule has 0 unspecified atom stereocenters. The van der Waals surface area contributed by atoms with E-state index in [1.165, 1.54) is 45.4 Å². The van der Waals surface area contributed by atoms with E-state index in [9.17, 15) is 19.6 Å². The number of likely N-dealkylation sites (N-methyl/N-ethyl adjacent to an activating group) is 1. The van der Waals surface area contributed by atoms with Crippen LogP contribution in [0.1, 0.15) is 32.3 Å². The minimum atomic E-state index is -1.36. The Hall–Kier alpha value is -3.74. The van der Waals surface area contributed by atoms with Gasteiger partial charge in [0.15, 0.2) is 0 Å². The van der Waals surface area contributed by atoms with Gasteiger partial charge in [-0.05, 0) is 59.0 Å². The van der Waals surface area contributed by atoms with Crippen LogP contribution < -0.4 is 20.3 Å². The molecule has 3 aromatic rings. The third kappa shape index (κ3) is 5.72. The zero-order valence-electron chi connectivity index (χ0n) is 23.5. The second kappa shape index (κ2) is 10.6. The van der Waals surface area contributed by atoms with Gasteiger partial charge in [0.05, 0.1) is 28.3 Å². The molecule has 5 rings (SSSR count). The van der Waals surface area contributed by atoms with Gasteiger partial charge in [0.2, 0.25) is 5.95 Å². The van der Waals surface area contributed by atoms with Gasteiger partial charge < -0.3 is 30.3 Å². The summed E-state index contributed by atoms with van der Waals surface area (Å²) in [6, 6.07) is 7.57. The Labute approximate surface area is 242 Å². The van der Waals surface area contributed by atoms with Crippen LogP contribution >= 0.6 is 11.6 Å². The summed E-state index contributed by atoms with van der Waals surface area (Å²) in [4.78, 5) is 24.8. The largest absolute Gasteiger partial charge is 0.494 e. The van der Waals surface area contributed by atoms with E-state index in [4.69, 9.17) is 16.3 Å². The summed E-state index contributed by atoms with van der Waals surface area (Å²) in [6.07, 6.45) is 3.71. The van der Waals surface area contributed by atoms with Crippen molar-refractivity contribution in [1.82, 2.24) is 14.9 Å². The Bertz CT molecular complexity index is 1490. The predicted octanol–water partition coefficient (Wildman–Crippen LogP) is 5.43. The van der Waals surface area contributed by atoms with Gasteiger partial charge in [0.25, 0.3) is 5.69 Å². The number of anilines is 5. The maximum Gasteiger partial charge on any atom is 0.294 e. The van der Waals surface area contributed by atoms with E-state index in [1.807, 2.05) is 0 Å². The van der Waals surface area contributed by atoms with Crippen LogP contribution in [0.3, 0.4) is 0 Å². The quantitative estimate of drug-likeness (QED) is 0.221. The molecule has 1 saturated heterocycles. The number of nitro benzene ring substituents is 1. The average Bonchev–Trinajstić information content (AvgIpc) is 3.56. The molecule has 0 radical (unpaired) electrons. The molecule has 0 amide bonds. The molecule has 218 valence electrons. The summed E-state index contributed by atoms with van der Waals surface area (Å²) in [7, 11) is 5.60. The Balaban J connectivity index is 1.44. The number of rotatable bonds is 9. The molecule has 0 bridgehead atoms. The monoisotopic (exact) mass is 585 g/mol. The SMILES string of the molecule is COc1cc(N2C[C@H](N(C)C)C3(CC3)C2)c([N+](=O)[O-])cc1Nc1nccc(Nc2cc(Cl)c(F)cc2C(C)(C)O)n1. The maximum absolute atomic E-state index is 14.1. The van der Waals surface area contributed by atoms with E-state index in [-0.39, 0.29) is 27.6 Å². The van der Waals surface area contributed by atoms with Crippen molar-refractivity contribution in [2.24, 2.45) is 5.41 Å². The van der Waals surface area contributed by atoms with Crippen molar-refractivity contribution in [3.63, 3.8) is 0 Å². The molecular formula is C28H33ClFN7O4. The Morgan fingerprint density at radius 2 is 1.98 bits per heavy atom. The first-order valence-corrected chi connectivity index (χ1v) is 13.6. The van der Waals surface area contributed by atoms with E-state index in [0.29, 0.717) is 41.2 Å². The fourth-order valence-electron chi connectivity index (χ4n) is 5.63. The van der Waals surface area contributed by atoms with E-state index < -0.39 is 16.3 Å². The van der Waals surface area contributed by atoms with Gasteiger partial charge in [-0.25, -0.2) is 9.37 Å². The van der Waals surface area contributed by atoms with Crippen molar-refractivity contribution in [3.05, 3.63) is 63.0 Å². The van der Waals surface area contributed by atoms with E-state index in [1.54, 1.807) is 12.1 Å². The van der Waals surface area contributed by atoms with Gasteiger partial charge in [-0.1, -0.05) is 11.6 Å². The lowest BCUT2D eigenvalue weighted by molar-refractivity contribution is -0.384. The molecule has 2 aliphatic rings.